The van der Waals surface area contributed by atoms with Crippen molar-refractivity contribution in [3.63, 3.8) is 0 Å². The Morgan fingerprint density at radius 1 is 1.40 bits per heavy atom. The van der Waals surface area contributed by atoms with Crippen LogP contribution in [0.3, 0.4) is 0 Å². The lowest BCUT2D eigenvalue weighted by molar-refractivity contribution is -0.146. The summed E-state index contributed by atoms with van der Waals surface area (Å²) in [6.45, 7) is 0.597. The monoisotopic (exact) mass is 277 g/mol. The summed E-state index contributed by atoms with van der Waals surface area (Å²) < 4.78 is 10.1. The van der Waals surface area contributed by atoms with Gasteiger partial charge in [0.15, 0.2) is 0 Å². The van der Waals surface area contributed by atoms with Crippen molar-refractivity contribution in [1.82, 2.24) is 5.32 Å². The van der Waals surface area contributed by atoms with Crippen LogP contribution in [-0.4, -0.2) is 37.7 Å². The summed E-state index contributed by atoms with van der Waals surface area (Å²) in [4.78, 5) is 23.8. The number of methoxy groups -OCH3 is 1. The van der Waals surface area contributed by atoms with Gasteiger partial charge in [-0.2, -0.15) is 0 Å². The van der Waals surface area contributed by atoms with Crippen LogP contribution in [0.15, 0.2) is 30.3 Å². The molecule has 1 aliphatic heterocycles. The maximum absolute atomic E-state index is 12.0. The second kappa shape index (κ2) is 7.05. The number of amides is 1. The van der Waals surface area contributed by atoms with E-state index in [4.69, 9.17) is 9.47 Å². The van der Waals surface area contributed by atoms with Crippen molar-refractivity contribution in [1.29, 1.82) is 0 Å². The average Bonchev–Trinajstić information content (AvgIpc) is 3.01. The van der Waals surface area contributed by atoms with E-state index in [1.165, 1.54) is 7.11 Å². The molecule has 1 amide bonds. The minimum atomic E-state index is -0.681. The van der Waals surface area contributed by atoms with Crippen LogP contribution >= 0.6 is 0 Å². The molecule has 2 rings (SSSR count). The van der Waals surface area contributed by atoms with Crippen molar-refractivity contribution >= 4 is 11.9 Å². The highest BCUT2D eigenvalue weighted by molar-refractivity contribution is 5.87. The highest BCUT2D eigenvalue weighted by Crippen LogP contribution is 2.13. The van der Waals surface area contributed by atoms with Crippen molar-refractivity contribution in [2.24, 2.45) is 0 Å². The van der Waals surface area contributed by atoms with E-state index in [1.54, 1.807) is 0 Å². The fourth-order valence-electron chi connectivity index (χ4n) is 2.23. The Labute approximate surface area is 118 Å². The third-order valence-corrected chi connectivity index (χ3v) is 3.31. The van der Waals surface area contributed by atoms with Crippen molar-refractivity contribution in [2.45, 2.75) is 31.4 Å². The molecule has 0 aliphatic carbocycles. The van der Waals surface area contributed by atoms with E-state index in [2.05, 4.69) is 5.32 Å². The van der Waals surface area contributed by atoms with Gasteiger partial charge in [-0.15, -0.1) is 0 Å². The molecule has 0 bridgehead atoms. The summed E-state index contributed by atoms with van der Waals surface area (Å²) >= 11 is 0. The van der Waals surface area contributed by atoms with Gasteiger partial charge < -0.3 is 14.8 Å². The molecule has 1 fully saturated rings. The summed E-state index contributed by atoms with van der Waals surface area (Å²) in [5.41, 5.74) is 0.968. The fraction of sp³-hybridized carbons (Fsp3) is 0.467. The maximum Gasteiger partial charge on any atom is 0.328 e. The molecule has 1 N–H and O–H groups in total. The Morgan fingerprint density at radius 2 is 2.15 bits per heavy atom. The molecule has 0 radical (unpaired) electrons. The number of hydrogen-bond donors (Lipinski definition) is 1. The third-order valence-electron chi connectivity index (χ3n) is 3.31. The van der Waals surface area contributed by atoms with Gasteiger partial charge in [0.2, 0.25) is 5.91 Å². The third kappa shape index (κ3) is 3.81. The van der Waals surface area contributed by atoms with Crippen LogP contribution in [0, 0.1) is 0 Å². The highest BCUT2D eigenvalue weighted by atomic mass is 16.5. The topological polar surface area (TPSA) is 64.6 Å². The van der Waals surface area contributed by atoms with Crippen LogP contribution in [0.2, 0.25) is 0 Å². The summed E-state index contributed by atoms with van der Waals surface area (Å²) in [5.74, 6) is -0.686. The van der Waals surface area contributed by atoms with E-state index in [0.717, 1.165) is 12.0 Å². The molecule has 2 atom stereocenters. The normalized spacial score (nSPS) is 19.4. The van der Waals surface area contributed by atoms with Crippen molar-refractivity contribution in [3.8, 4) is 0 Å². The standard InChI is InChI=1S/C15H19NO4/c1-19-15(18)12(10-11-6-3-2-4-7-11)16-14(17)13-8-5-9-20-13/h2-4,6-7,12-13H,5,8-10H2,1H3,(H,16,17)/t12-,13+/m1/s1. The minimum Gasteiger partial charge on any atom is -0.467 e. The van der Waals surface area contributed by atoms with Crippen LogP contribution in [-0.2, 0) is 25.5 Å². The molecule has 1 heterocycles. The lowest BCUT2D eigenvalue weighted by Gasteiger charge is -2.18. The van der Waals surface area contributed by atoms with E-state index >= 15 is 0 Å². The van der Waals surface area contributed by atoms with Crippen LogP contribution in [0.5, 0.6) is 0 Å². The van der Waals surface area contributed by atoms with E-state index in [1.807, 2.05) is 30.3 Å². The van der Waals surface area contributed by atoms with Crippen LogP contribution in [0.1, 0.15) is 18.4 Å². The first-order valence-corrected chi connectivity index (χ1v) is 6.74. The molecule has 0 unspecified atom stereocenters. The second-order valence-corrected chi connectivity index (χ2v) is 4.78. The molecule has 20 heavy (non-hydrogen) atoms. The number of benzene rings is 1. The summed E-state index contributed by atoms with van der Waals surface area (Å²) in [6, 6.07) is 8.83. The number of rotatable bonds is 5. The van der Waals surface area contributed by atoms with Crippen LogP contribution in [0.25, 0.3) is 0 Å². The van der Waals surface area contributed by atoms with Crippen LogP contribution in [0.4, 0.5) is 0 Å². The number of esters is 1. The van der Waals surface area contributed by atoms with Gasteiger partial charge in [-0.1, -0.05) is 30.3 Å². The maximum atomic E-state index is 12.0. The molecule has 1 aromatic carbocycles. The number of nitrogens with one attached hydrogen (secondary N) is 1. The molecule has 1 saturated heterocycles. The van der Waals surface area contributed by atoms with Gasteiger partial charge in [-0.25, -0.2) is 4.79 Å². The van der Waals surface area contributed by atoms with Gasteiger partial charge in [0.1, 0.15) is 12.1 Å². The van der Waals surface area contributed by atoms with Gasteiger partial charge >= 0.3 is 5.97 Å². The zero-order valence-corrected chi connectivity index (χ0v) is 11.5. The van der Waals surface area contributed by atoms with E-state index in [9.17, 15) is 9.59 Å². The summed E-state index contributed by atoms with van der Waals surface area (Å²) in [6.07, 6.45) is 1.54. The fourth-order valence-corrected chi connectivity index (χ4v) is 2.23. The number of ether oxygens (including phenoxy) is 2. The van der Waals surface area contributed by atoms with Crippen LogP contribution < -0.4 is 5.32 Å². The van der Waals surface area contributed by atoms with Crippen molar-refractivity contribution in [3.05, 3.63) is 35.9 Å². The smallest absolute Gasteiger partial charge is 0.328 e. The van der Waals surface area contributed by atoms with E-state index in [0.29, 0.717) is 19.4 Å². The van der Waals surface area contributed by atoms with E-state index in [-0.39, 0.29) is 5.91 Å². The Kier molecular flexibility index (Phi) is 5.12. The van der Waals surface area contributed by atoms with Crippen molar-refractivity contribution in [2.75, 3.05) is 13.7 Å². The zero-order chi connectivity index (χ0) is 14.4. The molecule has 108 valence electrons. The Hall–Kier alpha value is -1.88. The van der Waals surface area contributed by atoms with Gasteiger partial charge in [0.25, 0.3) is 0 Å². The molecule has 1 aliphatic rings. The molecular weight excluding hydrogens is 258 g/mol. The van der Waals surface area contributed by atoms with Gasteiger partial charge in [-0.05, 0) is 18.4 Å². The number of carbonyl (C=O) groups excluding carboxylic acids is 2. The molecular formula is C15H19NO4. The first kappa shape index (κ1) is 14.5. The summed E-state index contributed by atoms with van der Waals surface area (Å²) in [7, 11) is 1.32. The lowest BCUT2D eigenvalue weighted by Crippen LogP contribution is -2.47. The minimum absolute atomic E-state index is 0.242. The van der Waals surface area contributed by atoms with Gasteiger partial charge in [0, 0.05) is 13.0 Å². The lowest BCUT2D eigenvalue weighted by atomic mass is 10.1. The SMILES string of the molecule is COC(=O)[C@@H](Cc1ccccc1)NC(=O)[C@@H]1CCCO1. The highest BCUT2D eigenvalue weighted by Gasteiger charge is 2.28. The predicted molar refractivity (Wildman–Crippen MR) is 73.1 cm³/mol. The second-order valence-electron chi connectivity index (χ2n) is 4.78. The molecule has 0 spiro atoms. The number of carbonyl (C=O) groups is 2. The molecule has 5 heteroatoms. The Balaban J connectivity index is 2.00. The Bertz CT molecular complexity index is 454. The Morgan fingerprint density at radius 3 is 2.75 bits per heavy atom. The number of hydrogen-bond acceptors (Lipinski definition) is 4. The predicted octanol–water partition coefficient (Wildman–Crippen LogP) is 1.07. The van der Waals surface area contributed by atoms with E-state index < -0.39 is 18.1 Å². The average molecular weight is 277 g/mol. The molecule has 0 saturated carbocycles. The largest absolute Gasteiger partial charge is 0.467 e. The summed E-state index contributed by atoms with van der Waals surface area (Å²) in [5, 5.41) is 2.72. The van der Waals surface area contributed by atoms with Gasteiger partial charge in [-0.3, -0.25) is 4.79 Å². The molecule has 0 aromatic heterocycles. The first-order valence-electron chi connectivity index (χ1n) is 6.74. The quantitative estimate of drug-likeness (QED) is 0.818. The first-order chi connectivity index (χ1) is 9.70. The zero-order valence-electron chi connectivity index (χ0n) is 11.5. The van der Waals surface area contributed by atoms with Crippen molar-refractivity contribution < 1.29 is 19.1 Å². The van der Waals surface area contributed by atoms with Gasteiger partial charge in [0.05, 0.1) is 7.11 Å². The molecule has 5 nitrogen and oxygen atoms in total. The molecule has 1 aromatic rings.